The number of rotatable bonds is 9. The Morgan fingerprint density at radius 3 is 2.34 bits per heavy atom. The minimum absolute atomic E-state index is 0.150. The zero-order chi connectivity index (χ0) is 23.1. The van der Waals surface area contributed by atoms with Gasteiger partial charge in [-0.25, -0.2) is 8.42 Å². The maximum atomic E-state index is 12.8. The highest BCUT2D eigenvalue weighted by Gasteiger charge is 2.21. The monoisotopic (exact) mass is 454 g/mol. The van der Waals surface area contributed by atoms with Gasteiger partial charge in [0.05, 0.1) is 17.7 Å². The third-order valence-corrected chi connectivity index (χ3v) is 6.60. The van der Waals surface area contributed by atoms with Crippen LogP contribution in [0.2, 0.25) is 0 Å². The zero-order valence-corrected chi connectivity index (χ0v) is 19.1. The zero-order valence-electron chi connectivity index (χ0n) is 18.2. The molecule has 3 aromatic rings. The van der Waals surface area contributed by atoms with Crippen LogP contribution >= 0.6 is 0 Å². The summed E-state index contributed by atoms with van der Waals surface area (Å²) in [5.41, 5.74) is 2.44. The maximum Gasteiger partial charge on any atom is 0.262 e. The van der Waals surface area contributed by atoms with Crippen molar-refractivity contribution in [3.05, 3.63) is 83.9 Å². The average Bonchev–Trinajstić information content (AvgIpc) is 2.79. The van der Waals surface area contributed by atoms with Crippen molar-refractivity contribution in [2.24, 2.45) is 0 Å². The summed E-state index contributed by atoms with van der Waals surface area (Å²) in [6, 6.07) is 20.8. The van der Waals surface area contributed by atoms with E-state index in [-0.39, 0.29) is 24.0 Å². The van der Waals surface area contributed by atoms with Crippen molar-refractivity contribution in [3.63, 3.8) is 0 Å². The van der Waals surface area contributed by atoms with Crippen molar-refractivity contribution in [1.29, 1.82) is 0 Å². The van der Waals surface area contributed by atoms with E-state index >= 15 is 0 Å². The lowest BCUT2D eigenvalue weighted by atomic mass is 10.2. The van der Waals surface area contributed by atoms with E-state index in [4.69, 9.17) is 9.47 Å². The molecule has 0 saturated heterocycles. The van der Waals surface area contributed by atoms with Crippen LogP contribution in [0, 0.1) is 6.92 Å². The van der Waals surface area contributed by atoms with Gasteiger partial charge in [0.25, 0.3) is 5.91 Å². The number of amides is 1. The van der Waals surface area contributed by atoms with Gasteiger partial charge < -0.3 is 14.8 Å². The summed E-state index contributed by atoms with van der Waals surface area (Å²) in [4.78, 5) is 12.4. The Labute approximate surface area is 188 Å². The van der Waals surface area contributed by atoms with Crippen molar-refractivity contribution in [2.75, 3.05) is 26.1 Å². The normalized spacial score (nSPS) is 11.2. The van der Waals surface area contributed by atoms with Gasteiger partial charge in [-0.1, -0.05) is 36.4 Å². The smallest absolute Gasteiger partial charge is 0.262 e. The predicted molar refractivity (Wildman–Crippen MR) is 123 cm³/mol. The summed E-state index contributed by atoms with van der Waals surface area (Å²) >= 11 is 0. The highest BCUT2D eigenvalue weighted by Crippen LogP contribution is 2.25. The molecule has 0 atom stereocenters. The lowest BCUT2D eigenvalue weighted by Crippen LogP contribution is -2.26. The van der Waals surface area contributed by atoms with Crippen molar-refractivity contribution >= 4 is 21.6 Å². The molecule has 8 heteroatoms. The minimum Gasteiger partial charge on any atom is -0.495 e. The molecule has 7 nitrogen and oxygen atoms in total. The summed E-state index contributed by atoms with van der Waals surface area (Å²) in [7, 11) is -0.583. The number of ether oxygens (including phenoxy) is 2. The molecule has 0 aliphatic carbocycles. The van der Waals surface area contributed by atoms with E-state index in [1.165, 1.54) is 42.7 Å². The average molecular weight is 455 g/mol. The Morgan fingerprint density at radius 2 is 1.69 bits per heavy atom. The van der Waals surface area contributed by atoms with Gasteiger partial charge in [0.15, 0.2) is 6.61 Å². The van der Waals surface area contributed by atoms with E-state index in [0.29, 0.717) is 17.2 Å². The summed E-state index contributed by atoms with van der Waals surface area (Å²) in [6.07, 6.45) is 0. The van der Waals surface area contributed by atoms with Gasteiger partial charge in [-0.2, -0.15) is 4.31 Å². The molecule has 0 saturated carbocycles. The number of carbonyl (C=O) groups is 1. The van der Waals surface area contributed by atoms with Gasteiger partial charge in [0, 0.05) is 13.6 Å². The maximum absolute atomic E-state index is 12.8. The summed E-state index contributed by atoms with van der Waals surface area (Å²) < 4.78 is 37.7. The number of benzene rings is 3. The van der Waals surface area contributed by atoms with Crippen molar-refractivity contribution in [3.8, 4) is 11.5 Å². The van der Waals surface area contributed by atoms with Crippen LogP contribution in [0.1, 0.15) is 11.1 Å². The molecule has 0 fully saturated rings. The molecule has 0 unspecified atom stereocenters. The Kier molecular flexibility index (Phi) is 7.50. The van der Waals surface area contributed by atoms with Gasteiger partial charge in [0.1, 0.15) is 11.5 Å². The number of methoxy groups -OCH3 is 1. The van der Waals surface area contributed by atoms with Gasteiger partial charge in [-0.3, -0.25) is 4.79 Å². The molecule has 3 rings (SSSR count). The highest BCUT2D eigenvalue weighted by molar-refractivity contribution is 7.89. The van der Waals surface area contributed by atoms with Crippen molar-refractivity contribution < 1.29 is 22.7 Å². The first kappa shape index (κ1) is 23.3. The Morgan fingerprint density at radius 1 is 1.00 bits per heavy atom. The van der Waals surface area contributed by atoms with E-state index < -0.39 is 10.0 Å². The van der Waals surface area contributed by atoms with Crippen LogP contribution < -0.4 is 14.8 Å². The van der Waals surface area contributed by atoms with Crippen LogP contribution in [0.3, 0.4) is 0 Å². The molecule has 0 spiro atoms. The molecule has 0 bridgehead atoms. The second-order valence-corrected chi connectivity index (χ2v) is 9.30. The third-order valence-electron chi connectivity index (χ3n) is 4.78. The Hall–Kier alpha value is -3.36. The fourth-order valence-corrected chi connectivity index (χ4v) is 4.23. The van der Waals surface area contributed by atoms with E-state index in [2.05, 4.69) is 5.32 Å². The first-order valence-corrected chi connectivity index (χ1v) is 11.4. The first-order chi connectivity index (χ1) is 15.3. The van der Waals surface area contributed by atoms with Crippen LogP contribution in [0.15, 0.2) is 77.7 Å². The lowest BCUT2D eigenvalue weighted by Gasteiger charge is -2.17. The summed E-state index contributed by atoms with van der Waals surface area (Å²) in [5.74, 6) is 0.590. The van der Waals surface area contributed by atoms with Gasteiger partial charge in [0.2, 0.25) is 10.0 Å². The SMILES string of the molecule is COc1ccc(C)cc1NC(=O)COc1ccc(S(=O)(=O)N(C)Cc2ccccc2)cc1. The van der Waals surface area contributed by atoms with E-state index in [0.717, 1.165) is 11.1 Å². The molecule has 3 aromatic carbocycles. The van der Waals surface area contributed by atoms with Crippen LogP contribution in [0.5, 0.6) is 11.5 Å². The van der Waals surface area contributed by atoms with Crippen LogP contribution in [0.4, 0.5) is 5.69 Å². The molecule has 168 valence electrons. The molecule has 32 heavy (non-hydrogen) atoms. The topological polar surface area (TPSA) is 84.9 Å². The fraction of sp³-hybridized carbons (Fsp3) is 0.208. The summed E-state index contributed by atoms with van der Waals surface area (Å²) in [6.45, 7) is 1.96. The number of nitrogens with one attached hydrogen (secondary N) is 1. The van der Waals surface area contributed by atoms with Gasteiger partial charge in [-0.15, -0.1) is 0 Å². The predicted octanol–water partition coefficient (Wildman–Crippen LogP) is 3.84. The van der Waals surface area contributed by atoms with E-state index in [1.54, 1.807) is 6.07 Å². The molecule has 1 N–H and O–H groups in total. The Bertz CT molecular complexity index is 1160. The molecule has 0 aliphatic heterocycles. The number of sulfonamides is 1. The van der Waals surface area contributed by atoms with E-state index in [1.807, 2.05) is 49.4 Å². The molecule has 0 heterocycles. The Balaban J connectivity index is 1.59. The lowest BCUT2D eigenvalue weighted by molar-refractivity contribution is -0.118. The van der Waals surface area contributed by atoms with Gasteiger partial charge in [-0.05, 0) is 54.4 Å². The first-order valence-electron chi connectivity index (χ1n) is 9.97. The molecule has 0 aliphatic rings. The number of nitrogens with zero attached hydrogens (tertiary/aromatic N) is 1. The van der Waals surface area contributed by atoms with Crippen LogP contribution in [-0.2, 0) is 21.4 Å². The van der Waals surface area contributed by atoms with E-state index in [9.17, 15) is 13.2 Å². The van der Waals surface area contributed by atoms with Crippen molar-refractivity contribution in [1.82, 2.24) is 4.31 Å². The number of hydrogen-bond acceptors (Lipinski definition) is 5. The molecule has 0 radical (unpaired) electrons. The molecular formula is C24H26N2O5S. The second-order valence-electron chi connectivity index (χ2n) is 7.26. The van der Waals surface area contributed by atoms with Crippen molar-refractivity contribution in [2.45, 2.75) is 18.4 Å². The van der Waals surface area contributed by atoms with Crippen LogP contribution in [0.25, 0.3) is 0 Å². The number of carbonyl (C=O) groups excluding carboxylic acids is 1. The molecule has 0 aromatic heterocycles. The number of hydrogen-bond donors (Lipinski definition) is 1. The number of aryl methyl sites for hydroxylation is 1. The van der Waals surface area contributed by atoms with Crippen LogP contribution in [-0.4, -0.2) is 39.4 Å². The van der Waals surface area contributed by atoms with Gasteiger partial charge >= 0.3 is 0 Å². The minimum atomic E-state index is -3.65. The molecular weight excluding hydrogens is 428 g/mol. The third kappa shape index (κ3) is 5.87. The highest BCUT2D eigenvalue weighted by atomic mass is 32.2. The molecule has 1 amide bonds. The summed E-state index contributed by atoms with van der Waals surface area (Å²) in [5, 5.41) is 2.75. The quantitative estimate of drug-likeness (QED) is 0.531. The number of anilines is 1. The largest absolute Gasteiger partial charge is 0.495 e. The second kappa shape index (κ2) is 10.3. The standard InChI is InChI=1S/C24H26N2O5S/c1-18-9-14-23(30-3)22(15-18)25-24(27)17-31-20-10-12-21(13-11-20)32(28,29)26(2)16-19-7-5-4-6-8-19/h4-15H,16-17H2,1-3H3,(H,25,27). The fourth-order valence-electron chi connectivity index (χ4n) is 3.07.